The molecule has 1 aliphatic rings. The third kappa shape index (κ3) is 3.31. The first-order valence-corrected chi connectivity index (χ1v) is 8.71. The minimum atomic E-state index is -0.819. The van der Waals surface area contributed by atoms with Gasteiger partial charge in [0.1, 0.15) is 11.9 Å². The van der Waals surface area contributed by atoms with Crippen molar-refractivity contribution in [3.05, 3.63) is 41.5 Å². The number of aromatic nitrogens is 6. The van der Waals surface area contributed by atoms with Gasteiger partial charge in [-0.05, 0) is 18.6 Å². The maximum absolute atomic E-state index is 10.7. The molecular formula is C17H22N8O2. The first-order chi connectivity index (χ1) is 13.0. The number of anilines is 2. The van der Waals surface area contributed by atoms with Crippen molar-refractivity contribution in [2.24, 2.45) is 7.05 Å². The predicted octanol–water partition coefficient (Wildman–Crippen LogP) is 0.489. The number of nitrogens with zero attached hydrogens (tertiary/aromatic N) is 7. The molecular weight excluding hydrogens is 348 g/mol. The Morgan fingerprint density at radius 1 is 1.26 bits per heavy atom. The normalized spacial score (nSPS) is 15.3. The number of aliphatic hydroxyl groups excluding tert-OH is 1. The van der Waals surface area contributed by atoms with Gasteiger partial charge in [0.05, 0.1) is 30.7 Å². The monoisotopic (exact) mass is 370 g/mol. The van der Waals surface area contributed by atoms with Gasteiger partial charge < -0.3 is 20.5 Å². The van der Waals surface area contributed by atoms with E-state index < -0.39 is 6.10 Å². The summed E-state index contributed by atoms with van der Waals surface area (Å²) in [6.07, 6.45) is 1.73. The fourth-order valence-electron chi connectivity index (χ4n) is 3.31. The topological polar surface area (TPSA) is 120 Å². The third-order valence-electron chi connectivity index (χ3n) is 4.69. The number of fused-ring (bicyclic) bond motifs is 1. The number of hydrogen-bond donors (Lipinski definition) is 2. The molecule has 3 aromatic rings. The Kier molecular flexibility index (Phi) is 4.40. The molecule has 0 radical (unpaired) electrons. The van der Waals surface area contributed by atoms with Crippen LogP contribution >= 0.6 is 0 Å². The molecule has 0 aliphatic carbocycles. The fourth-order valence-corrected chi connectivity index (χ4v) is 3.31. The molecule has 10 heteroatoms. The number of ether oxygens (including phenoxy) is 1. The number of rotatable bonds is 4. The lowest BCUT2D eigenvalue weighted by Crippen LogP contribution is -2.24. The van der Waals surface area contributed by atoms with Crippen molar-refractivity contribution in [3.8, 4) is 5.88 Å². The second-order valence-corrected chi connectivity index (χ2v) is 6.47. The molecule has 3 N–H and O–H groups in total. The standard InChI is InChI=1S/C17H22N8O2/c1-23-13(4-5-19-23)16(26)12-8-11-10-24(6-3-7-25(11)22-12)14-9-15(27-2)21-17(18)20-14/h4-5,8-9,16,26H,3,6-7,10H2,1-2H3,(H2,18,20,21)/t16-/m1/s1. The van der Waals surface area contributed by atoms with Gasteiger partial charge in [0.25, 0.3) is 0 Å². The lowest BCUT2D eigenvalue weighted by Gasteiger charge is -2.21. The number of aryl methyl sites for hydroxylation is 2. The largest absolute Gasteiger partial charge is 0.481 e. The van der Waals surface area contributed by atoms with E-state index in [2.05, 4.69) is 25.1 Å². The molecule has 4 rings (SSSR count). The maximum atomic E-state index is 10.7. The summed E-state index contributed by atoms with van der Waals surface area (Å²) < 4.78 is 8.79. The van der Waals surface area contributed by atoms with Gasteiger partial charge in [-0.2, -0.15) is 20.2 Å². The van der Waals surface area contributed by atoms with Gasteiger partial charge in [-0.25, -0.2) is 0 Å². The summed E-state index contributed by atoms with van der Waals surface area (Å²) in [4.78, 5) is 10.5. The van der Waals surface area contributed by atoms with Crippen LogP contribution in [0.4, 0.5) is 11.8 Å². The highest BCUT2D eigenvalue weighted by Gasteiger charge is 2.23. The van der Waals surface area contributed by atoms with Crippen LogP contribution < -0.4 is 15.4 Å². The van der Waals surface area contributed by atoms with Crippen LogP contribution in [0.3, 0.4) is 0 Å². The van der Waals surface area contributed by atoms with Gasteiger partial charge in [-0.3, -0.25) is 9.36 Å². The number of nitrogen functional groups attached to an aromatic ring is 1. The Morgan fingerprint density at radius 3 is 2.85 bits per heavy atom. The molecule has 4 heterocycles. The van der Waals surface area contributed by atoms with Crippen molar-refractivity contribution in [1.82, 2.24) is 29.5 Å². The average Bonchev–Trinajstić information content (AvgIpc) is 3.21. The summed E-state index contributed by atoms with van der Waals surface area (Å²) >= 11 is 0. The summed E-state index contributed by atoms with van der Waals surface area (Å²) in [7, 11) is 3.35. The number of methoxy groups -OCH3 is 1. The van der Waals surface area contributed by atoms with Crippen molar-refractivity contribution >= 4 is 11.8 Å². The van der Waals surface area contributed by atoms with E-state index in [0.717, 1.165) is 25.2 Å². The molecule has 1 aliphatic heterocycles. The van der Waals surface area contributed by atoms with Crippen LogP contribution in [-0.2, 0) is 20.1 Å². The average molecular weight is 370 g/mol. The zero-order chi connectivity index (χ0) is 19.0. The van der Waals surface area contributed by atoms with Crippen molar-refractivity contribution < 1.29 is 9.84 Å². The number of aliphatic hydroxyl groups is 1. The van der Waals surface area contributed by atoms with Gasteiger partial charge in [0.15, 0.2) is 0 Å². The Labute approximate surface area is 156 Å². The first-order valence-electron chi connectivity index (χ1n) is 8.71. The second kappa shape index (κ2) is 6.88. The highest BCUT2D eigenvalue weighted by molar-refractivity contribution is 5.46. The molecule has 27 heavy (non-hydrogen) atoms. The highest BCUT2D eigenvalue weighted by Crippen LogP contribution is 2.26. The molecule has 0 spiro atoms. The van der Waals surface area contributed by atoms with Gasteiger partial charge in [-0.15, -0.1) is 0 Å². The predicted molar refractivity (Wildman–Crippen MR) is 98.2 cm³/mol. The van der Waals surface area contributed by atoms with E-state index in [4.69, 9.17) is 10.5 Å². The van der Waals surface area contributed by atoms with Crippen LogP contribution in [0.1, 0.15) is 29.6 Å². The Hall–Kier alpha value is -3.14. The molecule has 10 nitrogen and oxygen atoms in total. The van der Waals surface area contributed by atoms with E-state index in [9.17, 15) is 5.11 Å². The second-order valence-electron chi connectivity index (χ2n) is 6.47. The Balaban J connectivity index is 1.62. The molecule has 1 atom stereocenters. The van der Waals surface area contributed by atoms with E-state index in [1.807, 2.05) is 10.7 Å². The zero-order valence-electron chi connectivity index (χ0n) is 15.3. The van der Waals surface area contributed by atoms with Gasteiger partial charge in [0.2, 0.25) is 11.8 Å². The summed E-state index contributed by atoms with van der Waals surface area (Å²) in [5, 5.41) is 19.4. The molecule has 0 unspecified atom stereocenters. The van der Waals surface area contributed by atoms with E-state index in [1.54, 1.807) is 37.2 Å². The van der Waals surface area contributed by atoms with Crippen molar-refractivity contribution in [3.63, 3.8) is 0 Å². The van der Waals surface area contributed by atoms with Gasteiger partial charge >= 0.3 is 0 Å². The molecule has 0 saturated heterocycles. The van der Waals surface area contributed by atoms with Crippen molar-refractivity contribution in [2.75, 3.05) is 24.3 Å². The summed E-state index contributed by atoms with van der Waals surface area (Å²) in [5.41, 5.74) is 8.11. The van der Waals surface area contributed by atoms with E-state index in [-0.39, 0.29) is 5.95 Å². The number of hydrogen-bond acceptors (Lipinski definition) is 8. The van der Waals surface area contributed by atoms with Crippen LogP contribution in [0.15, 0.2) is 24.4 Å². The molecule has 0 aromatic carbocycles. The summed E-state index contributed by atoms with van der Waals surface area (Å²) in [6.45, 7) is 2.18. The van der Waals surface area contributed by atoms with Gasteiger partial charge in [0, 0.05) is 32.4 Å². The van der Waals surface area contributed by atoms with Crippen LogP contribution in [0.25, 0.3) is 0 Å². The lowest BCUT2D eigenvalue weighted by atomic mass is 10.2. The van der Waals surface area contributed by atoms with E-state index >= 15 is 0 Å². The SMILES string of the molecule is COc1cc(N2CCCn3nc([C@@H](O)c4ccnn4C)cc3C2)nc(N)n1. The molecule has 0 saturated carbocycles. The Morgan fingerprint density at radius 2 is 2.11 bits per heavy atom. The van der Waals surface area contributed by atoms with Gasteiger partial charge in [-0.1, -0.05) is 0 Å². The zero-order valence-corrected chi connectivity index (χ0v) is 15.3. The quantitative estimate of drug-likeness (QED) is 0.681. The smallest absolute Gasteiger partial charge is 0.225 e. The summed E-state index contributed by atoms with van der Waals surface area (Å²) in [6, 6.07) is 5.49. The highest BCUT2D eigenvalue weighted by atomic mass is 16.5. The Bertz CT molecular complexity index is 950. The van der Waals surface area contributed by atoms with Crippen LogP contribution in [0.5, 0.6) is 5.88 Å². The van der Waals surface area contributed by atoms with Crippen LogP contribution in [-0.4, -0.2) is 48.3 Å². The fraction of sp³-hybridized carbons (Fsp3) is 0.412. The summed E-state index contributed by atoms with van der Waals surface area (Å²) in [5.74, 6) is 1.32. The molecule has 0 amide bonds. The minimum absolute atomic E-state index is 0.175. The minimum Gasteiger partial charge on any atom is -0.481 e. The van der Waals surface area contributed by atoms with E-state index in [1.165, 1.54) is 0 Å². The number of nitrogens with two attached hydrogens (primary N) is 1. The van der Waals surface area contributed by atoms with E-state index in [0.29, 0.717) is 29.6 Å². The van der Waals surface area contributed by atoms with Crippen molar-refractivity contribution in [2.45, 2.75) is 25.6 Å². The molecule has 0 fully saturated rings. The first kappa shape index (κ1) is 17.3. The maximum Gasteiger partial charge on any atom is 0.225 e. The lowest BCUT2D eigenvalue weighted by molar-refractivity contribution is 0.203. The third-order valence-corrected chi connectivity index (χ3v) is 4.69. The molecule has 3 aromatic heterocycles. The van der Waals surface area contributed by atoms with Crippen LogP contribution in [0.2, 0.25) is 0 Å². The molecule has 142 valence electrons. The van der Waals surface area contributed by atoms with Crippen molar-refractivity contribution in [1.29, 1.82) is 0 Å². The van der Waals surface area contributed by atoms with Crippen LogP contribution in [0, 0.1) is 0 Å². The molecule has 0 bridgehead atoms.